The van der Waals surface area contributed by atoms with Crippen LogP contribution in [0.3, 0.4) is 0 Å². The molecule has 0 amide bonds. The molecule has 0 saturated carbocycles. The molecule has 77 heavy (non-hydrogen) atoms. The molecular weight excluding hydrogens is 925 g/mol. The highest BCUT2D eigenvalue weighted by Crippen LogP contribution is 2.24. The maximum Gasteiger partial charge on any atom is -0.0132 e. The summed E-state index contributed by atoms with van der Waals surface area (Å²) in [5, 5.41) is 0. The van der Waals surface area contributed by atoms with Gasteiger partial charge in [-0.15, -0.1) is 0 Å². The van der Waals surface area contributed by atoms with Crippen LogP contribution in [0.4, 0.5) is 0 Å². The molecule has 0 bridgehead atoms. The fourth-order valence-electron chi connectivity index (χ4n) is 8.49. The van der Waals surface area contributed by atoms with Crippen molar-refractivity contribution in [3.63, 3.8) is 0 Å². The standard InChI is InChI=1S/3C13H12.C11H16.C10H14.C9H12.C8H10/c1-11-7-5-6-10-13(11)12-8-3-2-4-9-12;1-11-6-5-9-13(10-11)12-7-3-2-4-8-12;1-11-7-9-13(10-8-11)12-5-3-2-4-6-12;1-9-5-7-10(8-6-9)11(2,3)4;1-7-5-8(2)10(4)9(3)6-7;1-7-4-8(2)6-9(3)5-7;1-7-3-5-8(2)6-4-7/h3*2-10H,1H3;5-8H,1-4H3;5-6H,1-4H3;4-6H,1-3H3;3-6H,1-2H3. The Kier molecular flexibility index (Phi) is 25.6. The van der Waals surface area contributed by atoms with Crippen LogP contribution in [0.15, 0.2) is 243 Å². The predicted molar refractivity (Wildman–Crippen MR) is 342 cm³/mol. The van der Waals surface area contributed by atoms with Gasteiger partial charge in [-0.3, -0.25) is 0 Å². The molecule has 10 aromatic rings. The summed E-state index contributed by atoms with van der Waals surface area (Å²) in [7, 11) is 0. The first-order chi connectivity index (χ1) is 36.7. The van der Waals surface area contributed by atoms with Gasteiger partial charge in [0, 0.05) is 0 Å². The SMILES string of the molecule is Cc1cc(C)c(C)c(C)c1.Cc1cc(C)cc(C)c1.Cc1ccc(-c2ccccc2)cc1.Cc1ccc(C(C)(C)C)cc1.Cc1ccc(C)cc1.Cc1cccc(-c2ccccc2)c1.Cc1ccccc1-c1ccccc1. The van der Waals surface area contributed by atoms with Crippen molar-refractivity contribution in [2.75, 3.05) is 0 Å². The van der Waals surface area contributed by atoms with Crippen LogP contribution in [-0.4, -0.2) is 0 Å². The zero-order valence-electron chi connectivity index (χ0n) is 49.6. The lowest BCUT2D eigenvalue weighted by molar-refractivity contribution is 0.590. The van der Waals surface area contributed by atoms with Crippen LogP contribution in [-0.2, 0) is 5.41 Å². The van der Waals surface area contributed by atoms with Crippen molar-refractivity contribution in [3.05, 3.63) is 321 Å². The van der Waals surface area contributed by atoms with Crippen LogP contribution in [0, 0.1) is 90.0 Å². The van der Waals surface area contributed by atoms with Crippen molar-refractivity contribution >= 4 is 0 Å². The van der Waals surface area contributed by atoms with Crippen LogP contribution in [0.2, 0.25) is 0 Å². The molecule has 0 heteroatoms. The van der Waals surface area contributed by atoms with Gasteiger partial charge in [-0.05, 0) is 157 Å². The molecule has 0 unspecified atom stereocenters. The van der Waals surface area contributed by atoms with Crippen molar-refractivity contribution in [2.45, 2.75) is 116 Å². The number of aryl methyl sites for hydroxylation is 12. The van der Waals surface area contributed by atoms with Crippen molar-refractivity contribution in [2.24, 2.45) is 0 Å². The predicted octanol–water partition coefficient (Wildman–Crippen LogP) is 22.1. The molecule has 0 atom stereocenters. The minimum atomic E-state index is 0.285. The average molecular weight is 1010 g/mol. The van der Waals surface area contributed by atoms with E-state index in [0.29, 0.717) is 0 Å². The number of benzene rings is 10. The monoisotopic (exact) mass is 1010 g/mol. The molecule has 0 saturated heterocycles. The van der Waals surface area contributed by atoms with Gasteiger partial charge in [-0.25, -0.2) is 0 Å². The van der Waals surface area contributed by atoms with Crippen LogP contribution in [0.5, 0.6) is 0 Å². The van der Waals surface area contributed by atoms with Gasteiger partial charge in [0.05, 0.1) is 0 Å². The first kappa shape index (κ1) is 61.7. The molecule has 0 aromatic heterocycles. The van der Waals surface area contributed by atoms with E-state index in [9.17, 15) is 0 Å². The molecule has 0 N–H and O–H groups in total. The first-order valence-electron chi connectivity index (χ1n) is 27.2. The largest absolute Gasteiger partial charge is 0.0622 e. The maximum absolute atomic E-state index is 2.23. The first-order valence-corrected chi connectivity index (χ1v) is 27.2. The summed E-state index contributed by atoms with van der Waals surface area (Å²) in [5.74, 6) is 0. The van der Waals surface area contributed by atoms with Crippen LogP contribution in [0.25, 0.3) is 33.4 Å². The molecule has 0 aliphatic rings. The van der Waals surface area contributed by atoms with Gasteiger partial charge in [-0.2, -0.15) is 0 Å². The molecule has 0 aliphatic heterocycles. The minimum absolute atomic E-state index is 0.285. The van der Waals surface area contributed by atoms with E-state index in [1.165, 1.54) is 111 Å². The van der Waals surface area contributed by atoms with Gasteiger partial charge in [0.15, 0.2) is 0 Å². The maximum atomic E-state index is 2.23. The molecule has 0 spiro atoms. The lowest BCUT2D eigenvalue weighted by Gasteiger charge is -2.18. The average Bonchev–Trinajstić information content (AvgIpc) is 3.40. The fraction of sp³-hybridized carbons (Fsp3) is 0.221. The molecule has 10 rings (SSSR count). The van der Waals surface area contributed by atoms with Gasteiger partial charge in [0.25, 0.3) is 0 Å². The number of hydrogen-bond donors (Lipinski definition) is 0. The topological polar surface area (TPSA) is 0 Å². The zero-order valence-corrected chi connectivity index (χ0v) is 49.6. The van der Waals surface area contributed by atoms with E-state index in [4.69, 9.17) is 0 Å². The summed E-state index contributed by atoms with van der Waals surface area (Å²) in [6, 6.07) is 85.2. The van der Waals surface area contributed by atoms with Crippen molar-refractivity contribution in [3.8, 4) is 33.4 Å². The molecule has 0 heterocycles. The lowest BCUT2D eigenvalue weighted by atomic mass is 9.87. The van der Waals surface area contributed by atoms with Gasteiger partial charge in [0.2, 0.25) is 0 Å². The van der Waals surface area contributed by atoms with Crippen LogP contribution < -0.4 is 0 Å². The normalized spacial score (nSPS) is 10.1. The second-order valence-electron chi connectivity index (χ2n) is 21.6. The van der Waals surface area contributed by atoms with E-state index in [-0.39, 0.29) is 5.41 Å². The molecule has 0 nitrogen and oxygen atoms in total. The third kappa shape index (κ3) is 23.3. The van der Waals surface area contributed by atoms with Crippen LogP contribution >= 0.6 is 0 Å². The van der Waals surface area contributed by atoms with E-state index in [0.717, 1.165) is 0 Å². The Morgan fingerprint density at radius 1 is 0.208 bits per heavy atom. The van der Waals surface area contributed by atoms with E-state index in [2.05, 4.69) is 335 Å². The highest BCUT2D eigenvalue weighted by atomic mass is 14.2. The van der Waals surface area contributed by atoms with Crippen molar-refractivity contribution in [1.82, 2.24) is 0 Å². The van der Waals surface area contributed by atoms with Gasteiger partial charge in [0.1, 0.15) is 0 Å². The third-order valence-electron chi connectivity index (χ3n) is 13.1. The molecule has 10 aromatic carbocycles. The van der Waals surface area contributed by atoms with Gasteiger partial charge >= 0.3 is 0 Å². The Bertz CT molecular complexity index is 3130. The molecule has 0 radical (unpaired) electrons. The van der Waals surface area contributed by atoms with E-state index >= 15 is 0 Å². The second kappa shape index (κ2) is 31.9. The highest BCUT2D eigenvalue weighted by molar-refractivity contribution is 5.67. The quantitative estimate of drug-likeness (QED) is 0.165. The molecule has 396 valence electrons. The highest BCUT2D eigenvalue weighted by Gasteiger charge is 2.12. The van der Waals surface area contributed by atoms with Crippen molar-refractivity contribution < 1.29 is 0 Å². The van der Waals surface area contributed by atoms with E-state index in [1.54, 1.807) is 0 Å². The summed E-state index contributed by atoms with van der Waals surface area (Å²) in [6.45, 7) is 34.4. The summed E-state index contributed by atoms with van der Waals surface area (Å²) in [5.41, 5.74) is 27.0. The molecule has 0 aliphatic carbocycles. The summed E-state index contributed by atoms with van der Waals surface area (Å²) >= 11 is 0. The minimum Gasteiger partial charge on any atom is -0.0622 e. The Labute approximate surface area is 467 Å². The Balaban J connectivity index is 0.000000195. The van der Waals surface area contributed by atoms with Gasteiger partial charge in [-0.1, -0.05) is 313 Å². The van der Waals surface area contributed by atoms with Gasteiger partial charge < -0.3 is 0 Å². The van der Waals surface area contributed by atoms with Crippen LogP contribution in [0.1, 0.15) is 98.7 Å². The molecule has 0 fully saturated rings. The Morgan fingerprint density at radius 2 is 0.532 bits per heavy atom. The smallest absolute Gasteiger partial charge is 0.0132 e. The number of hydrogen-bond acceptors (Lipinski definition) is 0. The number of rotatable bonds is 3. The lowest BCUT2D eigenvalue weighted by Crippen LogP contribution is -2.10. The zero-order chi connectivity index (χ0) is 56.3. The summed E-state index contributed by atoms with van der Waals surface area (Å²) < 4.78 is 0. The fourth-order valence-corrected chi connectivity index (χ4v) is 8.49. The summed E-state index contributed by atoms with van der Waals surface area (Å²) in [4.78, 5) is 0. The Morgan fingerprint density at radius 3 is 0.935 bits per heavy atom. The molecular formula is C77H88. The van der Waals surface area contributed by atoms with E-state index in [1.807, 2.05) is 18.2 Å². The second-order valence-corrected chi connectivity index (χ2v) is 21.6. The summed E-state index contributed by atoms with van der Waals surface area (Å²) in [6.07, 6.45) is 0. The van der Waals surface area contributed by atoms with Crippen molar-refractivity contribution in [1.29, 1.82) is 0 Å². The Hall–Kier alpha value is -7.80. The van der Waals surface area contributed by atoms with E-state index < -0.39 is 0 Å². The third-order valence-corrected chi connectivity index (χ3v) is 13.1.